The summed E-state index contributed by atoms with van der Waals surface area (Å²) in [6.07, 6.45) is 0. The highest BCUT2D eigenvalue weighted by Gasteiger charge is 2.21. The predicted octanol–water partition coefficient (Wildman–Crippen LogP) is 4.21. The van der Waals surface area contributed by atoms with E-state index in [-0.39, 0.29) is 12.5 Å². The largest absolute Gasteiger partial charge is 0.484 e. The van der Waals surface area contributed by atoms with Crippen molar-refractivity contribution in [3.05, 3.63) is 84.9 Å². The van der Waals surface area contributed by atoms with Crippen molar-refractivity contribution in [2.75, 3.05) is 37.7 Å². The minimum absolute atomic E-state index is 0.0279. The second-order valence-corrected chi connectivity index (χ2v) is 6.88. The molecule has 148 valence electrons. The Hall–Kier alpha value is -3.47. The van der Waals surface area contributed by atoms with E-state index in [9.17, 15) is 4.79 Å². The quantitative estimate of drug-likeness (QED) is 0.635. The summed E-state index contributed by atoms with van der Waals surface area (Å²) in [4.78, 5) is 16.6. The molecule has 0 atom stereocenters. The van der Waals surface area contributed by atoms with Crippen molar-refractivity contribution >= 4 is 11.6 Å². The van der Waals surface area contributed by atoms with Gasteiger partial charge in [0.1, 0.15) is 17.2 Å². The standard InChI is InChI=1S/C24H24N2O3/c27-24(19-28-21-7-3-1-4-8-21)26-17-15-25(16-18-26)20-11-13-23(14-12-20)29-22-9-5-2-6-10-22/h1-14H,15-19H2. The van der Waals surface area contributed by atoms with Crippen LogP contribution in [0.1, 0.15) is 0 Å². The Morgan fingerprint density at radius 2 is 1.24 bits per heavy atom. The van der Waals surface area contributed by atoms with Gasteiger partial charge >= 0.3 is 0 Å². The number of rotatable bonds is 6. The third-order valence-corrected chi connectivity index (χ3v) is 4.92. The van der Waals surface area contributed by atoms with Gasteiger partial charge in [-0.25, -0.2) is 0 Å². The average molecular weight is 388 g/mol. The number of ether oxygens (including phenoxy) is 2. The fraction of sp³-hybridized carbons (Fsp3) is 0.208. The maximum Gasteiger partial charge on any atom is 0.260 e. The molecule has 0 aromatic heterocycles. The summed E-state index contributed by atoms with van der Waals surface area (Å²) >= 11 is 0. The molecule has 4 rings (SSSR count). The van der Waals surface area contributed by atoms with Crippen LogP contribution in [0.4, 0.5) is 5.69 Å². The molecule has 0 aliphatic carbocycles. The monoisotopic (exact) mass is 388 g/mol. The molecule has 1 amide bonds. The lowest BCUT2D eigenvalue weighted by Gasteiger charge is -2.36. The summed E-state index contributed by atoms with van der Waals surface area (Å²) in [7, 11) is 0. The summed E-state index contributed by atoms with van der Waals surface area (Å²) in [6, 6.07) is 27.3. The maximum atomic E-state index is 12.4. The van der Waals surface area contributed by atoms with E-state index in [0.29, 0.717) is 13.1 Å². The van der Waals surface area contributed by atoms with Crippen molar-refractivity contribution in [2.24, 2.45) is 0 Å². The lowest BCUT2D eigenvalue weighted by atomic mass is 10.2. The molecule has 5 nitrogen and oxygen atoms in total. The number of hydrogen-bond donors (Lipinski definition) is 0. The zero-order chi connectivity index (χ0) is 19.9. The van der Waals surface area contributed by atoms with Crippen molar-refractivity contribution in [2.45, 2.75) is 0 Å². The molecule has 3 aromatic rings. The van der Waals surface area contributed by atoms with Gasteiger partial charge in [0.25, 0.3) is 5.91 Å². The van der Waals surface area contributed by atoms with Gasteiger partial charge in [0.2, 0.25) is 0 Å². The molecule has 0 radical (unpaired) electrons. The Labute approximate surface area is 171 Å². The number of anilines is 1. The molecule has 1 saturated heterocycles. The van der Waals surface area contributed by atoms with Crippen molar-refractivity contribution < 1.29 is 14.3 Å². The summed E-state index contributed by atoms with van der Waals surface area (Å²) in [5.41, 5.74) is 1.14. The number of para-hydroxylation sites is 2. The number of hydrogen-bond acceptors (Lipinski definition) is 4. The summed E-state index contributed by atoms with van der Waals surface area (Å²) in [6.45, 7) is 3.07. The third-order valence-electron chi connectivity index (χ3n) is 4.92. The second kappa shape index (κ2) is 9.15. The molecule has 0 unspecified atom stereocenters. The van der Waals surface area contributed by atoms with Crippen LogP contribution in [0.2, 0.25) is 0 Å². The number of nitrogens with zero attached hydrogens (tertiary/aromatic N) is 2. The molecule has 3 aromatic carbocycles. The van der Waals surface area contributed by atoms with Crippen LogP contribution < -0.4 is 14.4 Å². The number of benzene rings is 3. The summed E-state index contributed by atoms with van der Waals surface area (Å²) < 4.78 is 11.4. The summed E-state index contributed by atoms with van der Waals surface area (Å²) in [5, 5.41) is 0. The first-order valence-electron chi connectivity index (χ1n) is 9.81. The van der Waals surface area contributed by atoms with Crippen LogP contribution in [0.25, 0.3) is 0 Å². The van der Waals surface area contributed by atoms with Gasteiger partial charge in [-0.1, -0.05) is 36.4 Å². The van der Waals surface area contributed by atoms with Gasteiger partial charge in [-0.05, 0) is 48.5 Å². The van der Waals surface area contributed by atoms with Crippen molar-refractivity contribution in [1.82, 2.24) is 4.90 Å². The van der Waals surface area contributed by atoms with Gasteiger partial charge in [0.05, 0.1) is 0 Å². The zero-order valence-corrected chi connectivity index (χ0v) is 16.2. The van der Waals surface area contributed by atoms with E-state index in [1.165, 1.54) is 0 Å². The van der Waals surface area contributed by atoms with E-state index < -0.39 is 0 Å². The average Bonchev–Trinajstić information content (AvgIpc) is 2.79. The van der Waals surface area contributed by atoms with Crippen molar-refractivity contribution in [1.29, 1.82) is 0 Å². The zero-order valence-electron chi connectivity index (χ0n) is 16.2. The molecule has 1 fully saturated rings. The lowest BCUT2D eigenvalue weighted by Crippen LogP contribution is -2.50. The van der Waals surface area contributed by atoms with Gasteiger partial charge in [-0.3, -0.25) is 4.79 Å². The Kier molecular flexibility index (Phi) is 5.95. The van der Waals surface area contributed by atoms with E-state index >= 15 is 0 Å². The van der Waals surface area contributed by atoms with Crippen LogP contribution in [-0.4, -0.2) is 43.6 Å². The molecular weight excluding hydrogens is 364 g/mol. The smallest absolute Gasteiger partial charge is 0.260 e. The maximum absolute atomic E-state index is 12.4. The lowest BCUT2D eigenvalue weighted by molar-refractivity contribution is -0.133. The van der Waals surface area contributed by atoms with Crippen LogP contribution >= 0.6 is 0 Å². The third kappa shape index (κ3) is 5.08. The molecule has 0 bridgehead atoms. The van der Waals surface area contributed by atoms with Crippen molar-refractivity contribution in [3.8, 4) is 17.2 Å². The number of piperazine rings is 1. The number of carbonyl (C=O) groups excluding carboxylic acids is 1. The first-order chi connectivity index (χ1) is 14.3. The summed E-state index contributed by atoms with van der Waals surface area (Å²) in [5.74, 6) is 2.38. The SMILES string of the molecule is O=C(COc1ccccc1)N1CCN(c2ccc(Oc3ccccc3)cc2)CC1. The Bertz CT molecular complexity index is 906. The van der Waals surface area contributed by atoms with Crippen LogP contribution in [0.3, 0.4) is 0 Å². The molecule has 1 heterocycles. The Morgan fingerprint density at radius 1 is 0.690 bits per heavy atom. The van der Waals surface area contributed by atoms with Gasteiger partial charge in [-0.15, -0.1) is 0 Å². The highest BCUT2D eigenvalue weighted by Crippen LogP contribution is 2.25. The van der Waals surface area contributed by atoms with Gasteiger partial charge in [0, 0.05) is 31.9 Å². The van der Waals surface area contributed by atoms with Crippen LogP contribution in [0.5, 0.6) is 17.2 Å². The van der Waals surface area contributed by atoms with Crippen LogP contribution in [0.15, 0.2) is 84.9 Å². The Morgan fingerprint density at radius 3 is 1.86 bits per heavy atom. The number of amides is 1. The predicted molar refractivity (Wildman–Crippen MR) is 114 cm³/mol. The van der Waals surface area contributed by atoms with Gasteiger partial charge in [-0.2, -0.15) is 0 Å². The van der Waals surface area contributed by atoms with E-state index in [1.54, 1.807) is 0 Å². The molecule has 0 N–H and O–H groups in total. The molecule has 0 saturated carbocycles. The fourth-order valence-corrected chi connectivity index (χ4v) is 3.32. The molecule has 5 heteroatoms. The molecule has 1 aliphatic heterocycles. The van der Waals surface area contributed by atoms with Crippen LogP contribution in [-0.2, 0) is 4.79 Å². The van der Waals surface area contributed by atoms with Gasteiger partial charge in [0.15, 0.2) is 6.61 Å². The minimum Gasteiger partial charge on any atom is -0.484 e. The molecule has 0 spiro atoms. The highest BCUT2D eigenvalue weighted by molar-refractivity contribution is 5.78. The van der Waals surface area contributed by atoms with Crippen molar-refractivity contribution in [3.63, 3.8) is 0 Å². The molecule has 1 aliphatic rings. The van der Waals surface area contributed by atoms with E-state index in [2.05, 4.69) is 17.0 Å². The minimum atomic E-state index is 0.0279. The molecular formula is C24H24N2O3. The first kappa shape index (κ1) is 18.9. The topological polar surface area (TPSA) is 42.0 Å². The first-order valence-corrected chi connectivity index (χ1v) is 9.81. The van der Waals surface area contributed by atoms with E-state index in [1.807, 2.05) is 77.7 Å². The van der Waals surface area contributed by atoms with E-state index in [4.69, 9.17) is 9.47 Å². The Balaban J connectivity index is 1.26. The molecule has 29 heavy (non-hydrogen) atoms. The van der Waals surface area contributed by atoms with Gasteiger partial charge < -0.3 is 19.3 Å². The number of carbonyl (C=O) groups is 1. The highest BCUT2D eigenvalue weighted by atomic mass is 16.5. The second-order valence-electron chi connectivity index (χ2n) is 6.88. The fourth-order valence-electron chi connectivity index (χ4n) is 3.32. The van der Waals surface area contributed by atoms with Crippen LogP contribution in [0, 0.1) is 0 Å². The van der Waals surface area contributed by atoms with E-state index in [0.717, 1.165) is 36.0 Å². The normalized spacial score (nSPS) is 13.8.